The Labute approximate surface area is 161 Å². The number of amides is 1. The molecule has 0 unspecified atom stereocenters. The molecule has 0 saturated carbocycles. The van der Waals surface area contributed by atoms with Gasteiger partial charge >= 0.3 is 0 Å². The number of nitrogens with one attached hydrogen (secondary N) is 1. The summed E-state index contributed by atoms with van der Waals surface area (Å²) in [7, 11) is 0. The third-order valence-corrected chi connectivity index (χ3v) is 4.65. The number of carbonyl (C=O) groups excluding carboxylic acids is 1. The number of benzene rings is 2. The molecule has 1 N–H and O–H groups in total. The molecular formula is C21H17ClN4O. The quantitative estimate of drug-likeness (QED) is 0.550. The average Bonchev–Trinajstić information content (AvgIpc) is 2.96. The summed E-state index contributed by atoms with van der Waals surface area (Å²) in [5, 5.41) is 9.02. The molecule has 4 rings (SSSR count). The van der Waals surface area contributed by atoms with Crippen LogP contribution in [0.4, 0.5) is 5.69 Å². The van der Waals surface area contributed by atoms with Crippen LogP contribution in [0.5, 0.6) is 0 Å². The van der Waals surface area contributed by atoms with Crippen LogP contribution in [0.1, 0.15) is 21.9 Å². The first-order valence-electron chi connectivity index (χ1n) is 8.52. The van der Waals surface area contributed by atoms with E-state index in [1.807, 2.05) is 61.0 Å². The minimum atomic E-state index is -0.282. The number of hydrogen-bond donors (Lipinski definition) is 1. The molecule has 4 aromatic rings. The molecule has 5 nitrogen and oxygen atoms in total. The zero-order chi connectivity index (χ0) is 19.0. The van der Waals surface area contributed by atoms with Gasteiger partial charge in [0, 0.05) is 10.4 Å². The predicted molar refractivity (Wildman–Crippen MR) is 108 cm³/mol. The third-order valence-electron chi connectivity index (χ3n) is 4.42. The minimum Gasteiger partial charge on any atom is -0.317 e. The highest BCUT2D eigenvalue weighted by Crippen LogP contribution is 2.24. The van der Waals surface area contributed by atoms with E-state index in [2.05, 4.69) is 15.4 Å². The normalized spacial score (nSPS) is 10.9. The Morgan fingerprint density at radius 3 is 2.56 bits per heavy atom. The van der Waals surface area contributed by atoms with Gasteiger partial charge in [0.1, 0.15) is 5.69 Å². The van der Waals surface area contributed by atoms with Crippen LogP contribution < -0.4 is 5.32 Å². The fraction of sp³-hybridized carbons (Fsp3) is 0.0952. The van der Waals surface area contributed by atoms with Gasteiger partial charge in [-0.25, -0.2) is 9.67 Å². The lowest BCUT2D eigenvalue weighted by atomic mass is 10.2. The number of fused-ring (bicyclic) bond motifs is 1. The SMILES string of the molecule is Cc1nn(-c2ccccc2)c(C)c1NC(=O)c1ccc2ccc(Cl)cc2n1. The number of rotatable bonds is 3. The number of anilines is 1. The summed E-state index contributed by atoms with van der Waals surface area (Å²) < 4.78 is 1.82. The Kier molecular flexibility index (Phi) is 4.38. The van der Waals surface area contributed by atoms with Crippen LogP contribution in [0.15, 0.2) is 60.7 Å². The van der Waals surface area contributed by atoms with Crippen molar-refractivity contribution in [2.24, 2.45) is 0 Å². The number of carbonyl (C=O) groups is 1. The first kappa shape index (κ1) is 17.2. The van der Waals surface area contributed by atoms with Crippen molar-refractivity contribution in [3.63, 3.8) is 0 Å². The van der Waals surface area contributed by atoms with Gasteiger partial charge < -0.3 is 5.32 Å². The van der Waals surface area contributed by atoms with Gasteiger partial charge in [-0.15, -0.1) is 0 Å². The molecule has 0 aliphatic heterocycles. The lowest BCUT2D eigenvalue weighted by molar-refractivity contribution is 0.102. The Bertz CT molecular complexity index is 1150. The van der Waals surface area contributed by atoms with Gasteiger partial charge in [-0.05, 0) is 44.2 Å². The molecule has 6 heteroatoms. The van der Waals surface area contributed by atoms with E-state index in [-0.39, 0.29) is 5.91 Å². The van der Waals surface area contributed by atoms with E-state index in [1.54, 1.807) is 18.2 Å². The van der Waals surface area contributed by atoms with Crippen molar-refractivity contribution in [3.8, 4) is 5.69 Å². The minimum absolute atomic E-state index is 0.282. The van der Waals surface area contributed by atoms with Crippen LogP contribution in [0.2, 0.25) is 5.02 Å². The van der Waals surface area contributed by atoms with Gasteiger partial charge in [0.25, 0.3) is 5.91 Å². The first-order valence-corrected chi connectivity index (χ1v) is 8.90. The lowest BCUT2D eigenvalue weighted by Gasteiger charge is -2.07. The molecule has 2 aromatic carbocycles. The smallest absolute Gasteiger partial charge is 0.274 e. The van der Waals surface area contributed by atoms with Crippen LogP contribution in [0.25, 0.3) is 16.6 Å². The zero-order valence-corrected chi connectivity index (χ0v) is 15.7. The van der Waals surface area contributed by atoms with Gasteiger partial charge in [0.05, 0.1) is 28.3 Å². The summed E-state index contributed by atoms with van der Waals surface area (Å²) in [5.41, 5.74) is 4.25. The van der Waals surface area contributed by atoms with Crippen molar-refractivity contribution >= 4 is 34.1 Å². The number of halogens is 1. The number of nitrogens with zero attached hydrogens (tertiary/aromatic N) is 3. The molecule has 2 heterocycles. The second-order valence-electron chi connectivity index (χ2n) is 6.28. The summed E-state index contributed by atoms with van der Waals surface area (Å²) in [4.78, 5) is 17.2. The van der Waals surface area contributed by atoms with Crippen molar-refractivity contribution in [2.75, 3.05) is 5.32 Å². The topological polar surface area (TPSA) is 59.8 Å². The molecule has 0 atom stereocenters. The maximum Gasteiger partial charge on any atom is 0.274 e. The molecular weight excluding hydrogens is 360 g/mol. The third kappa shape index (κ3) is 3.29. The zero-order valence-electron chi connectivity index (χ0n) is 14.9. The van der Waals surface area contributed by atoms with Crippen LogP contribution in [-0.2, 0) is 0 Å². The standard InChI is InChI=1S/C21H17ClN4O/c1-13-20(14(2)26(25-13)17-6-4-3-5-7-17)24-21(27)18-11-9-15-8-10-16(22)12-19(15)23-18/h3-12H,1-2H3,(H,24,27). The van der Waals surface area contributed by atoms with Crippen molar-refractivity contribution in [2.45, 2.75) is 13.8 Å². The fourth-order valence-corrected chi connectivity index (χ4v) is 3.20. The van der Waals surface area contributed by atoms with E-state index >= 15 is 0 Å². The van der Waals surface area contributed by atoms with Gasteiger partial charge in [-0.3, -0.25) is 4.79 Å². The molecule has 134 valence electrons. The van der Waals surface area contributed by atoms with Gasteiger partial charge in [-0.2, -0.15) is 5.10 Å². The monoisotopic (exact) mass is 376 g/mol. The number of para-hydroxylation sites is 1. The molecule has 0 bridgehead atoms. The second kappa shape index (κ2) is 6.85. The van der Waals surface area contributed by atoms with Gasteiger partial charge in [0.15, 0.2) is 0 Å². The highest BCUT2D eigenvalue weighted by atomic mass is 35.5. The Morgan fingerprint density at radius 2 is 1.78 bits per heavy atom. The van der Waals surface area contributed by atoms with Crippen molar-refractivity contribution in [1.82, 2.24) is 14.8 Å². The average molecular weight is 377 g/mol. The van der Waals surface area contributed by atoms with Crippen molar-refractivity contribution in [3.05, 3.63) is 82.8 Å². The molecule has 0 saturated heterocycles. The number of pyridine rings is 1. The molecule has 0 fully saturated rings. The molecule has 2 aromatic heterocycles. The summed E-state index contributed by atoms with van der Waals surface area (Å²) in [6.45, 7) is 3.80. The van der Waals surface area contributed by atoms with E-state index in [0.29, 0.717) is 21.9 Å². The van der Waals surface area contributed by atoms with E-state index in [1.165, 1.54) is 0 Å². The predicted octanol–water partition coefficient (Wildman–Crippen LogP) is 4.94. The van der Waals surface area contributed by atoms with Crippen LogP contribution >= 0.6 is 11.6 Å². The summed E-state index contributed by atoms with van der Waals surface area (Å²) in [6.07, 6.45) is 0. The maximum absolute atomic E-state index is 12.7. The van der Waals surface area contributed by atoms with E-state index in [4.69, 9.17) is 11.6 Å². The summed E-state index contributed by atoms with van der Waals surface area (Å²) >= 11 is 6.03. The van der Waals surface area contributed by atoms with E-state index in [9.17, 15) is 4.79 Å². The summed E-state index contributed by atoms with van der Waals surface area (Å²) in [6, 6.07) is 18.8. The van der Waals surface area contributed by atoms with Crippen LogP contribution in [0.3, 0.4) is 0 Å². The first-order chi connectivity index (χ1) is 13.0. The van der Waals surface area contributed by atoms with Crippen LogP contribution in [-0.4, -0.2) is 20.7 Å². The van der Waals surface area contributed by atoms with Crippen molar-refractivity contribution < 1.29 is 4.79 Å². The van der Waals surface area contributed by atoms with Gasteiger partial charge in [-0.1, -0.05) is 41.9 Å². The Hall–Kier alpha value is -3.18. The second-order valence-corrected chi connectivity index (χ2v) is 6.72. The molecule has 0 spiro atoms. The van der Waals surface area contributed by atoms with Gasteiger partial charge in [0.2, 0.25) is 0 Å². The molecule has 27 heavy (non-hydrogen) atoms. The molecule has 1 amide bonds. The summed E-state index contributed by atoms with van der Waals surface area (Å²) in [5.74, 6) is -0.282. The fourth-order valence-electron chi connectivity index (χ4n) is 3.04. The van der Waals surface area contributed by atoms with E-state index in [0.717, 1.165) is 22.5 Å². The van der Waals surface area contributed by atoms with Crippen LogP contribution in [0, 0.1) is 13.8 Å². The Balaban J connectivity index is 1.66. The molecule has 0 radical (unpaired) electrons. The lowest BCUT2D eigenvalue weighted by Crippen LogP contribution is -2.14. The van der Waals surface area contributed by atoms with E-state index < -0.39 is 0 Å². The highest BCUT2D eigenvalue weighted by molar-refractivity contribution is 6.31. The highest BCUT2D eigenvalue weighted by Gasteiger charge is 2.17. The van der Waals surface area contributed by atoms with Crippen molar-refractivity contribution in [1.29, 1.82) is 0 Å². The number of aromatic nitrogens is 3. The molecule has 0 aliphatic rings. The number of hydrogen-bond acceptors (Lipinski definition) is 3. The Morgan fingerprint density at radius 1 is 1.04 bits per heavy atom. The largest absolute Gasteiger partial charge is 0.317 e. The maximum atomic E-state index is 12.7. The number of aryl methyl sites for hydroxylation is 1. The molecule has 0 aliphatic carbocycles.